The average Bonchev–Trinajstić information content (AvgIpc) is 2.76. The first-order valence-corrected chi connectivity index (χ1v) is 11.6. The summed E-state index contributed by atoms with van der Waals surface area (Å²) >= 11 is 0. The molecule has 0 saturated carbocycles. The number of benzene rings is 1. The van der Waals surface area contributed by atoms with Gasteiger partial charge in [-0.3, -0.25) is 23.9 Å². The van der Waals surface area contributed by atoms with Crippen molar-refractivity contribution < 1.29 is 18.0 Å². The van der Waals surface area contributed by atoms with Gasteiger partial charge in [0.2, 0.25) is 11.9 Å². The van der Waals surface area contributed by atoms with E-state index < -0.39 is 27.5 Å². The van der Waals surface area contributed by atoms with Gasteiger partial charge in [-0.2, -0.15) is 0 Å². The van der Waals surface area contributed by atoms with Gasteiger partial charge in [0.25, 0.3) is 15.6 Å². The number of sulfonamides is 1. The molecule has 0 aliphatic heterocycles. The van der Waals surface area contributed by atoms with Crippen molar-refractivity contribution in [3.8, 4) is 0 Å². The molecule has 0 aliphatic carbocycles. The zero-order valence-electron chi connectivity index (χ0n) is 18.6. The quantitative estimate of drug-likeness (QED) is 0.144. The summed E-state index contributed by atoms with van der Waals surface area (Å²) in [5.74, 6) is -1.12. The average molecular weight is 488 g/mol. The maximum Gasteiger partial charge on any atom is 0.275 e. The molecule has 7 N–H and O–H groups in total. The van der Waals surface area contributed by atoms with Gasteiger partial charge in [0.15, 0.2) is 0 Å². The van der Waals surface area contributed by atoms with Crippen LogP contribution in [0.1, 0.15) is 23.7 Å². The number of nitrogens with zero attached hydrogens (tertiary/aromatic N) is 3. The summed E-state index contributed by atoms with van der Waals surface area (Å²) in [4.78, 5) is 34.3. The Balaban J connectivity index is 1.99. The van der Waals surface area contributed by atoms with Crippen molar-refractivity contribution in [2.24, 2.45) is 22.4 Å². The molecule has 3 rings (SSSR count). The fraction of sp³-hybridized carbons (Fsp3) is 0.238. The molecule has 34 heavy (non-hydrogen) atoms. The monoisotopic (exact) mass is 487 g/mol. The predicted molar refractivity (Wildman–Crippen MR) is 127 cm³/mol. The molecule has 0 aliphatic rings. The molecule has 0 saturated heterocycles. The van der Waals surface area contributed by atoms with E-state index in [0.717, 1.165) is 10.1 Å². The van der Waals surface area contributed by atoms with Crippen molar-refractivity contribution in [2.75, 3.05) is 11.3 Å². The Labute approximate surface area is 195 Å². The van der Waals surface area contributed by atoms with Crippen molar-refractivity contribution in [1.82, 2.24) is 9.55 Å². The molecule has 1 unspecified atom stereocenters. The lowest BCUT2D eigenvalue weighted by Gasteiger charge is -2.20. The SMILES string of the molecule is Cc1cnc2c(S(=O)(=O)Nc3ccc(C)n(C(CCON=C(N)N)C(N)=O)c3=O)cccc2c1. The summed E-state index contributed by atoms with van der Waals surface area (Å²) in [7, 11) is -4.19. The number of oxime groups is 1. The number of nitrogens with one attached hydrogen (secondary N) is 1. The van der Waals surface area contributed by atoms with Crippen LogP contribution in [0.15, 0.2) is 57.4 Å². The Bertz CT molecular complexity index is 1430. The highest BCUT2D eigenvalue weighted by molar-refractivity contribution is 7.93. The highest BCUT2D eigenvalue weighted by Gasteiger charge is 2.25. The number of nitrogens with two attached hydrogens (primary N) is 3. The molecule has 3 aromatic rings. The number of hydrogen-bond acceptors (Lipinski definition) is 7. The molecule has 1 aromatic carbocycles. The smallest absolute Gasteiger partial charge is 0.275 e. The number of rotatable bonds is 9. The van der Waals surface area contributed by atoms with Gasteiger partial charge in [0, 0.05) is 23.7 Å². The van der Waals surface area contributed by atoms with Crippen LogP contribution in [-0.2, 0) is 19.7 Å². The molecule has 1 atom stereocenters. The molecule has 13 heteroatoms. The number of anilines is 1. The molecule has 0 radical (unpaired) electrons. The number of aromatic nitrogens is 2. The van der Waals surface area contributed by atoms with Gasteiger partial charge in [0.05, 0.1) is 5.52 Å². The van der Waals surface area contributed by atoms with E-state index in [4.69, 9.17) is 22.0 Å². The van der Waals surface area contributed by atoms with Gasteiger partial charge in [-0.15, -0.1) is 0 Å². The van der Waals surface area contributed by atoms with Gasteiger partial charge in [-0.05, 0) is 48.8 Å². The van der Waals surface area contributed by atoms with E-state index in [0.29, 0.717) is 11.1 Å². The third-order valence-electron chi connectivity index (χ3n) is 4.96. The number of carbonyl (C=O) groups is 1. The Kier molecular flexibility index (Phi) is 7.05. The normalized spacial score (nSPS) is 12.2. The van der Waals surface area contributed by atoms with Crippen molar-refractivity contribution in [3.05, 3.63) is 64.2 Å². The lowest BCUT2D eigenvalue weighted by atomic mass is 10.1. The predicted octanol–water partition coefficient (Wildman–Crippen LogP) is 0.436. The number of hydrogen-bond donors (Lipinski definition) is 4. The number of fused-ring (bicyclic) bond motifs is 1. The van der Waals surface area contributed by atoms with Crippen LogP contribution in [0.5, 0.6) is 0 Å². The second-order valence-corrected chi connectivity index (χ2v) is 9.22. The van der Waals surface area contributed by atoms with E-state index in [-0.39, 0.29) is 35.1 Å². The molecular weight excluding hydrogens is 462 g/mol. The topological polar surface area (TPSA) is 198 Å². The summed E-state index contributed by atoms with van der Waals surface area (Å²) in [6, 6.07) is 8.22. The first kappa shape index (κ1) is 24.5. The van der Waals surface area contributed by atoms with Gasteiger partial charge >= 0.3 is 0 Å². The second kappa shape index (κ2) is 9.79. The molecule has 12 nitrogen and oxygen atoms in total. The lowest BCUT2D eigenvalue weighted by Crippen LogP contribution is -2.37. The molecule has 1 amide bonds. The number of para-hydroxylation sites is 1. The zero-order valence-corrected chi connectivity index (χ0v) is 19.4. The largest absolute Gasteiger partial charge is 0.393 e. The molecule has 2 heterocycles. The van der Waals surface area contributed by atoms with Crippen molar-refractivity contribution in [3.63, 3.8) is 0 Å². The van der Waals surface area contributed by atoms with Crippen LogP contribution in [-0.4, -0.2) is 36.4 Å². The minimum atomic E-state index is -4.19. The second-order valence-electron chi connectivity index (χ2n) is 7.57. The Hall–Kier alpha value is -4.13. The molecule has 0 fully saturated rings. The first-order valence-electron chi connectivity index (χ1n) is 10.1. The van der Waals surface area contributed by atoms with E-state index in [1.807, 2.05) is 13.0 Å². The van der Waals surface area contributed by atoms with Gasteiger partial charge in [-0.25, -0.2) is 8.42 Å². The Morgan fingerprint density at radius 1 is 1.21 bits per heavy atom. The summed E-state index contributed by atoms with van der Waals surface area (Å²) in [5.41, 5.74) is 16.4. The number of aryl methyl sites for hydroxylation is 2. The maximum absolute atomic E-state index is 13.2. The number of pyridine rings is 2. The van der Waals surface area contributed by atoms with Crippen molar-refractivity contribution in [2.45, 2.75) is 31.2 Å². The molecule has 0 spiro atoms. The molecule has 0 bridgehead atoms. The standard InChI is InChI=1S/C21H25N7O5S/c1-12-10-14-4-3-5-17(18(14)25-11-12)34(31,32)27-15-7-6-13(2)28(20(15)30)16(19(22)29)8-9-33-26-21(23)24/h3-7,10-11,16,27H,8-9H2,1-2H3,(H2,22,29)(H4,23,24,26). The van der Waals surface area contributed by atoms with E-state index in [9.17, 15) is 18.0 Å². The first-order chi connectivity index (χ1) is 16.0. The van der Waals surface area contributed by atoms with E-state index >= 15 is 0 Å². The minimum absolute atomic E-state index is 0.0321. The van der Waals surface area contributed by atoms with Crippen LogP contribution >= 0.6 is 0 Å². The van der Waals surface area contributed by atoms with Crippen LogP contribution in [0, 0.1) is 13.8 Å². The number of carbonyl (C=O) groups excluding carboxylic acids is 1. The fourth-order valence-corrected chi connectivity index (χ4v) is 4.69. The maximum atomic E-state index is 13.2. The summed E-state index contributed by atoms with van der Waals surface area (Å²) < 4.78 is 29.8. The van der Waals surface area contributed by atoms with Crippen LogP contribution in [0.3, 0.4) is 0 Å². The third-order valence-corrected chi connectivity index (χ3v) is 6.35. The van der Waals surface area contributed by atoms with Gasteiger partial charge in [-0.1, -0.05) is 12.1 Å². The Morgan fingerprint density at radius 3 is 2.62 bits per heavy atom. The van der Waals surface area contributed by atoms with E-state index in [1.165, 1.54) is 18.2 Å². The van der Waals surface area contributed by atoms with Gasteiger partial charge in [0.1, 0.15) is 23.2 Å². The van der Waals surface area contributed by atoms with Crippen LogP contribution in [0.2, 0.25) is 0 Å². The van der Waals surface area contributed by atoms with Crippen LogP contribution in [0.4, 0.5) is 5.69 Å². The van der Waals surface area contributed by atoms with Crippen molar-refractivity contribution in [1.29, 1.82) is 0 Å². The summed E-state index contributed by atoms with van der Waals surface area (Å²) in [6.45, 7) is 3.32. The number of guanidine groups is 1. The fourth-order valence-electron chi connectivity index (χ4n) is 3.45. The highest BCUT2D eigenvalue weighted by atomic mass is 32.2. The van der Waals surface area contributed by atoms with Gasteiger partial charge < -0.3 is 22.0 Å². The summed E-state index contributed by atoms with van der Waals surface area (Å²) in [6.07, 6.45) is 1.53. The lowest BCUT2D eigenvalue weighted by molar-refractivity contribution is -0.121. The molecule has 180 valence electrons. The van der Waals surface area contributed by atoms with E-state index in [1.54, 1.807) is 25.3 Å². The zero-order chi connectivity index (χ0) is 25.0. The van der Waals surface area contributed by atoms with Crippen LogP contribution in [0.25, 0.3) is 10.9 Å². The van der Waals surface area contributed by atoms with Crippen molar-refractivity contribution >= 4 is 38.5 Å². The van der Waals surface area contributed by atoms with Crippen LogP contribution < -0.4 is 27.5 Å². The molecular formula is C21H25N7O5S. The molecule has 2 aromatic heterocycles. The summed E-state index contributed by atoms with van der Waals surface area (Å²) in [5, 5.41) is 4.00. The number of amides is 1. The third kappa shape index (κ3) is 5.26. The minimum Gasteiger partial charge on any atom is -0.393 e. The highest BCUT2D eigenvalue weighted by Crippen LogP contribution is 2.24. The Morgan fingerprint density at radius 2 is 1.94 bits per heavy atom. The van der Waals surface area contributed by atoms with E-state index in [2.05, 4.69) is 14.9 Å². The number of primary amides is 1.